The van der Waals surface area contributed by atoms with Gasteiger partial charge in [0, 0.05) is 30.5 Å². The second-order valence-corrected chi connectivity index (χ2v) is 7.34. The number of hydrogen-bond acceptors (Lipinski definition) is 5. The smallest absolute Gasteiger partial charge is 0.326 e. The average molecular weight is 482 g/mol. The van der Waals surface area contributed by atoms with Crippen molar-refractivity contribution >= 4 is 23.3 Å². The average Bonchev–Trinajstić information content (AvgIpc) is 2.88. The number of hydrogen-bond donors (Lipinski definition) is 2. The van der Waals surface area contributed by atoms with Crippen LogP contribution in [-0.2, 0) is 0 Å². The highest BCUT2D eigenvalue weighted by atomic mass is 19.1. The highest BCUT2D eigenvalue weighted by molar-refractivity contribution is 6.02. The molecule has 3 aromatic carbocycles. The van der Waals surface area contributed by atoms with Gasteiger partial charge in [-0.05, 0) is 67.6 Å². The van der Waals surface area contributed by atoms with E-state index in [0.29, 0.717) is 40.8 Å². The zero-order chi connectivity index (χ0) is 25.2. The van der Waals surface area contributed by atoms with Crippen molar-refractivity contribution in [1.82, 2.24) is 5.32 Å². The number of rotatable bonds is 10. The van der Waals surface area contributed by atoms with Crippen molar-refractivity contribution < 1.29 is 28.2 Å². The minimum absolute atomic E-state index is 0.138. The minimum atomic E-state index is -0.433. The fourth-order valence-corrected chi connectivity index (χ4v) is 3.32. The number of anilines is 2. The molecule has 3 rings (SSSR count). The molecule has 0 atom stereocenters. The Hall–Kier alpha value is -4.27. The summed E-state index contributed by atoms with van der Waals surface area (Å²) in [7, 11) is 2.99. The van der Waals surface area contributed by atoms with Crippen LogP contribution in [-0.4, -0.2) is 45.9 Å². The zero-order valence-electron chi connectivity index (χ0n) is 19.8. The lowest BCUT2D eigenvalue weighted by atomic mass is 10.1. The number of urea groups is 1. The third-order valence-electron chi connectivity index (χ3n) is 5.07. The summed E-state index contributed by atoms with van der Waals surface area (Å²) in [6.07, 6.45) is 0. The van der Waals surface area contributed by atoms with Crippen LogP contribution in [0.2, 0.25) is 0 Å². The van der Waals surface area contributed by atoms with Crippen molar-refractivity contribution in [2.24, 2.45) is 0 Å². The van der Waals surface area contributed by atoms with E-state index in [2.05, 4.69) is 10.6 Å². The largest absolute Gasteiger partial charge is 0.497 e. The van der Waals surface area contributed by atoms with Gasteiger partial charge in [-0.3, -0.25) is 9.69 Å². The van der Waals surface area contributed by atoms with E-state index < -0.39 is 11.8 Å². The van der Waals surface area contributed by atoms with Gasteiger partial charge in [0.1, 0.15) is 23.1 Å². The zero-order valence-corrected chi connectivity index (χ0v) is 19.8. The van der Waals surface area contributed by atoms with Crippen molar-refractivity contribution in [3.8, 4) is 17.2 Å². The molecular weight excluding hydrogens is 453 g/mol. The van der Waals surface area contributed by atoms with E-state index in [-0.39, 0.29) is 19.0 Å². The number of nitrogens with one attached hydrogen (secondary N) is 2. The van der Waals surface area contributed by atoms with Gasteiger partial charge in [0.05, 0.1) is 26.4 Å². The van der Waals surface area contributed by atoms with Crippen molar-refractivity contribution in [3.05, 3.63) is 78.1 Å². The number of methoxy groups -OCH3 is 2. The van der Waals surface area contributed by atoms with Crippen LogP contribution in [0, 0.1) is 5.82 Å². The molecule has 0 saturated carbocycles. The lowest BCUT2D eigenvalue weighted by Crippen LogP contribution is -2.41. The molecule has 35 heavy (non-hydrogen) atoms. The van der Waals surface area contributed by atoms with E-state index in [9.17, 15) is 14.0 Å². The topological polar surface area (TPSA) is 89.1 Å². The second-order valence-electron chi connectivity index (χ2n) is 7.34. The number of carbonyl (C=O) groups is 2. The van der Waals surface area contributed by atoms with E-state index in [1.54, 1.807) is 42.5 Å². The molecular formula is C26H28FN3O5. The summed E-state index contributed by atoms with van der Waals surface area (Å²) in [5.41, 5.74) is 1.38. The maximum Gasteiger partial charge on any atom is 0.326 e. The van der Waals surface area contributed by atoms with Crippen molar-refractivity contribution in [1.29, 1.82) is 0 Å². The Balaban J connectivity index is 1.70. The van der Waals surface area contributed by atoms with Gasteiger partial charge >= 0.3 is 6.03 Å². The molecule has 0 aliphatic carbocycles. The molecule has 0 heterocycles. The molecule has 0 unspecified atom stereocenters. The van der Waals surface area contributed by atoms with Crippen LogP contribution in [0.15, 0.2) is 66.7 Å². The molecule has 9 heteroatoms. The summed E-state index contributed by atoms with van der Waals surface area (Å²) in [6, 6.07) is 16.9. The van der Waals surface area contributed by atoms with Gasteiger partial charge in [-0.1, -0.05) is 0 Å². The first-order chi connectivity index (χ1) is 16.9. The van der Waals surface area contributed by atoms with Crippen LogP contribution >= 0.6 is 0 Å². The van der Waals surface area contributed by atoms with Gasteiger partial charge in [-0.2, -0.15) is 0 Å². The summed E-state index contributed by atoms with van der Waals surface area (Å²) in [6.45, 7) is 2.71. The van der Waals surface area contributed by atoms with Gasteiger partial charge in [0.2, 0.25) is 0 Å². The van der Waals surface area contributed by atoms with Crippen LogP contribution in [0.1, 0.15) is 17.3 Å². The van der Waals surface area contributed by atoms with E-state index in [0.717, 1.165) is 0 Å². The molecule has 0 aliphatic rings. The first-order valence-corrected chi connectivity index (χ1v) is 11.0. The molecule has 2 N–H and O–H groups in total. The fraction of sp³-hybridized carbons (Fsp3) is 0.231. The molecule has 0 bridgehead atoms. The first kappa shape index (κ1) is 25.4. The van der Waals surface area contributed by atoms with E-state index >= 15 is 0 Å². The Morgan fingerprint density at radius 3 is 2.23 bits per heavy atom. The molecule has 0 fully saturated rings. The van der Waals surface area contributed by atoms with Crippen LogP contribution < -0.4 is 29.7 Å². The summed E-state index contributed by atoms with van der Waals surface area (Å²) in [5.74, 6) is 0.839. The summed E-state index contributed by atoms with van der Waals surface area (Å²) in [4.78, 5) is 27.2. The highest BCUT2D eigenvalue weighted by Gasteiger charge is 2.18. The third kappa shape index (κ3) is 6.86. The lowest BCUT2D eigenvalue weighted by Gasteiger charge is -2.24. The Labute approximate surface area is 203 Å². The molecule has 8 nitrogen and oxygen atoms in total. The Bertz CT molecular complexity index is 1140. The Morgan fingerprint density at radius 1 is 0.914 bits per heavy atom. The van der Waals surface area contributed by atoms with Crippen LogP contribution in [0.4, 0.5) is 20.6 Å². The van der Waals surface area contributed by atoms with Crippen molar-refractivity contribution in [3.63, 3.8) is 0 Å². The second kappa shape index (κ2) is 12.3. The van der Waals surface area contributed by atoms with Gasteiger partial charge in [-0.15, -0.1) is 0 Å². The fourth-order valence-electron chi connectivity index (χ4n) is 3.32. The van der Waals surface area contributed by atoms with Gasteiger partial charge in [-0.25, -0.2) is 9.18 Å². The number of nitrogens with zero attached hydrogens (tertiary/aromatic N) is 1. The monoisotopic (exact) mass is 481 g/mol. The van der Waals surface area contributed by atoms with Crippen molar-refractivity contribution in [2.45, 2.75) is 6.92 Å². The van der Waals surface area contributed by atoms with E-state index in [4.69, 9.17) is 14.2 Å². The maximum absolute atomic E-state index is 13.5. The van der Waals surface area contributed by atoms with Gasteiger partial charge in [0.25, 0.3) is 5.91 Å². The highest BCUT2D eigenvalue weighted by Crippen LogP contribution is 2.24. The molecule has 3 amide bonds. The summed E-state index contributed by atoms with van der Waals surface area (Å²) >= 11 is 0. The van der Waals surface area contributed by atoms with Crippen LogP contribution in [0.3, 0.4) is 0 Å². The molecule has 0 saturated heterocycles. The molecule has 3 aromatic rings. The lowest BCUT2D eigenvalue weighted by molar-refractivity contribution is 0.0951. The molecule has 0 spiro atoms. The number of amides is 3. The molecule has 0 radical (unpaired) electrons. The number of halogens is 1. The van der Waals surface area contributed by atoms with Crippen LogP contribution in [0.25, 0.3) is 0 Å². The van der Waals surface area contributed by atoms with Crippen LogP contribution in [0.5, 0.6) is 17.2 Å². The first-order valence-electron chi connectivity index (χ1n) is 11.0. The third-order valence-corrected chi connectivity index (χ3v) is 5.07. The predicted molar refractivity (Wildman–Crippen MR) is 132 cm³/mol. The van der Waals surface area contributed by atoms with Crippen molar-refractivity contribution in [2.75, 3.05) is 44.1 Å². The maximum atomic E-state index is 13.5. The summed E-state index contributed by atoms with van der Waals surface area (Å²) < 4.78 is 29.3. The molecule has 0 aliphatic heterocycles. The van der Waals surface area contributed by atoms with E-state index in [1.807, 2.05) is 6.92 Å². The van der Waals surface area contributed by atoms with E-state index in [1.165, 1.54) is 43.4 Å². The number of benzene rings is 3. The Kier molecular flexibility index (Phi) is 8.89. The molecule has 184 valence electrons. The standard InChI is InChI=1S/C26H28FN3O5/c1-4-35-21-11-7-19(8-12-21)29-26(32)30(20-9-5-18(27)6-10-20)16-15-28-25(31)23-14-13-22(33-2)17-24(23)34-3/h5-14,17H,4,15-16H2,1-3H3,(H,28,31)(H,29,32). The SMILES string of the molecule is CCOc1ccc(NC(=O)N(CCNC(=O)c2ccc(OC)cc2OC)c2ccc(F)cc2)cc1. The van der Waals surface area contributed by atoms with Gasteiger partial charge in [0.15, 0.2) is 0 Å². The number of ether oxygens (including phenoxy) is 3. The number of carbonyl (C=O) groups excluding carboxylic acids is 2. The minimum Gasteiger partial charge on any atom is -0.497 e. The summed E-state index contributed by atoms with van der Waals surface area (Å²) in [5, 5.41) is 5.61. The van der Waals surface area contributed by atoms with Gasteiger partial charge < -0.3 is 24.8 Å². The quantitative estimate of drug-likeness (QED) is 0.438. The normalized spacial score (nSPS) is 10.3. The predicted octanol–water partition coefficient (Wildman–Crippen LogP) is 4.71. The molecule has 0 aromatic heterocycles. The Morgan fingerprint density at radius 2 is 1.60 bits per heavy atom.